The van der Waals surface area contributed by atoms with Crippen LogP contribution < -0.4 is 15.2 Å². The van der Waals surface area contributed by atoms with Crippen LogP contribution in [0.25, 0.3) is 10.9 Å². The van der Waals surface area contributed by atoms with Gasteiger partial charge in [-0.1, -0.05) is 11.6 Å². The lowest BCUT2D eigenvalue weighted by Crippen LogP contribution is -2.01. The van der Waals surface area contributed by atoms with Crippen LogP contribution in [-0.2, 0) is 0 Å². The van der Waals surface area contributed by atoms with Gasteiger partial charge in [-0.2, -0.15) is 0 Å². The molecule has 0 aliphatic heterocycles. The minimum absolute atomic E-state index is 0.0197. The number of nitrogen functional groups attached to an aromatic ring is 1. The monoisotopic (exact) mass is 344 g/mol. The Morgan fingerprint density at radius 3 is 2.62 bits per heavy atom. The number of benzene rings is 2. The van der Waals surface area contributed by atoms with Gasteiger partial charge in [0.25, 0.3) is 0 Å². The van der Waals surface area contributed by atoms with Gasteiger partial charge in [0, 0.05) is 23.3 Å². The van der Waals surface area contributed by atoms with Crippen molar-refractivity contribution in [2.24, 2.45) is 0 Å². The molecular formula is C17H13ClN2O4. The number of pyridine rings is 1. The Hall–Kier alpha value is -2.99. The van der Waals surface area contributed by atoms with E-state index in [4.69, 9.17) is 26.8 Å². The number of halogens is 1. The SMILES string of the molecule is COc1cc2nccc(Oc3ccc(N)cc3Cl)c2cc1C(=O)O. The van der Waals surface area contributed by atoms with Gasteiger partial charge in [-0.05, 0) is 30.3 Å². The molecule has 2 aromatic carbocycles. The molecule has 3 N–H and O–H groups in total. The number of methoxy groups -OCH3 is 1. The average molecular weight is 345 g/mol. The third kappa shape index (κ3) is 2.91. The van der Waals surface area contributed by atoms with Crippen LogP contribution in [0.4, 0.5) is 5.69 Å². The van der Waals surface area contributed by atoms with Gasteiger partial charge in [0.15, 0.2) is 0 Å². The molecule has 0 saturated heterocycles. The van der Waals surface area contributed by atoms with Gasteiger partial charge in [-0.25, -0.2) is 4.79 Å². The number of anilines is 1. The maximum absolute atomic E-state index is 11.4. The molecule has 0 bridgehead atoms. The van der Waals surface area contributed by atoms with Crippen LogP contribution in [0.2, 0.25) is 5.02 Å². The topological polar surface area (TPSA) is 94.7 Å². The average Bonchev–Trinajstić information content (AvgIpc) is 2.56. The maximum Gasteiger partial charge on any atom is 0.339 e. The molecule has 0 unspecified atom stereocenters. The predicted molar refractivity (Wildman–Crippen MR) is 91.2 cm³/mol. The Morgan fingerprint density at radius 2 is 1.96 bits per heavy atom. The number of rotatable bonds is 4. The van der Waals surface area contributed by atoms with Gasteiger partial charge >= 0.3 is 5.97 Å². The molecule has 0 radical (unpaired) electrons. The first-order valence-electron chi connectivity index (χ1n) is 6.92. The molecule has 24 heavy (non-hydrogen) atoms. The molecule has 7 heteroatoms. The molecule has 0 amide bonds. The highest BCUT2D eigenvalue weighted by Crippen LogP contribution is 2.36. The summed E-state index contributed by atoms with van der Waals surface area (Å²) in [7, 11) is 1.40. The molecular weight excluding hydrogens is 332 g/mol. The number of carboxylic acids is 1. The van der Waals surface area contributed by atoms with Crippen LogP contribution in [-0.4, -0.2) is 23.2 Å². The number of hydrogen-bond donors (Lipinski definition) is 2. The summed E-state index contributed by atoms with van der Waals surface area (Å²) in [5, 5.41) is 10.2. The second-order valence-electron chi connectivity index (χ2n) is 4.98. The number of aromatic nitrogens is 1. The van der Waals surface area contributed by atoms with Crippen LogP contribution in [0.15, 0.2) is 42.6 Å². The van der Waals surface area contributed by atoms with Crippen LogP contribution >= 0.6 is 11.6 Å². The van der Waals surface area contributed by atoms with Crippen molar-refractivity contribution in [2.45, 2.75) is 0 Å². The summed E-state index contributed by atoms with van der Waals surface area (Å²) in [6, 6.07) is 9.53. The van der Waals surface area contributed by atoms with E-state index in [1.807, 2.05) is 0 Å². The number of nitrogens with two attached hydrogens (primary N) is 1. The lowest BCUT2D eigenvalue weighted by atomic mass is 10.1. The van der Waals surface area contributed by atoms with E-state index in [2.05, 4.69) is 4.98 Å². The Kier molecular flexibility index (Phi) is 4.14. The fourth-order valence-electron chi connectivity index (χ4n) is 2.29. The number of ether oxygens (including phenoxy) is 2. The highest BCUT2D eigenvalue weighted by atomic mass is 35.5. The van der Waals surface area contributed by atoms with Crippen LogP contribution in [0.3, 0.4) is 0 Å². The van der Waals surface area contributed by atoms with Gasteiger partial charge in [0.1, 0.15) is 22.8 Å². The van der Waals surface area contributed by atoms with E-state index in [1.165, 1.54) is 13.2 Å². The standard InChI is InChI=1S/C17H13ClN2O4/c1-23-16-8-13-10(7-11(16)17(21)22)14(4-5-20-13)24-15-3-2-9(19)6-12(15)18/h2-8H,19H2,1H3,(H,21,22). The summed E-state index contributed by atoms with van der Waals surface area (Å²) in [6.45, 7) is 0. The van der Waals surface area contributed by atoms with Gasteiger partial charge in [-0.3, -0.25) is 4.98 Å². The van der Waals surface area contributed by atoms with Crippen molar-refractivity contribution in [3.8, 4) is 17.2 Å². The molecule has 3 rings (SSSR count). The van der Waals surface area contributed by atoms with Gasteiger partial charge in [0.2, 0.25) is 0 Å². The van der Waals surface area contributed by atoms with Gasteiger partial charge in [-0.15, -0.1) is 0 Å². The molecule has 122 valence electrons. The third-order valence-electron chi connectivity index (χ3n) is 3.43. The fourth-order valence-corrected chi connectivity index (χ4v) is 2.52. The summed E-state index contributed by atoms with van der Waals surface area (Å²) in [6.07, 6.45) is 1.56. The molecule has 6 nitrogen and oxygen atoms in total. The van der Waals surface area contributed by atoms with Gasteiger partial charge in [0.05, 0.1) is 17.6 Å². The molecule has 1 heterocycles. The molecule has 0 aliphatic carbocycles. The summed E-state index contributed by atoms with van der Waals surface area (Å²) >= 11 is 6.13. The summed E-state index contributed by atoms with van der Waals surface area (Å²) in [4.78, 5) is 15.6. The predicted octanol–water partition coefficient (Wildman–Crippen LogP) is 3.97. The number of carbonyl (C=O) groups is 1. The van der Waals surface area contributed by atoms with E-state index in [1.54, 1.807) is 36.5 Å². The first kappa shape index (κ1) is 15.9. The highest BCUT2D eigenvalue weighted by Gasteiger charge is 2.16. The van der Waals surface area contributed by atoms with Crippen molar-refractivity contribution >= 4 is 34.2 Å². The van der Waals surface area contributed by atoms with E-state index >= 15 is 0 Å². The molecule has 0 fully saturated rings. The molecule has 0 saturated carbocycles. The minimum atomic E-state index is -1.10. The number of hydrogen-bond acceptors (Lipinski definition) is 5. The van der Waals surface area contributed by atoms with E-state index in [0.717, 1.165) is 0 Å². The zero-order valence-corrected chi connectivity index (χ0v) is 13.4. The first-order chi connectivity index (χ1) is 11.5. The second-order valence-corrected chi connectivity index (χ2v) is 5.38. The van der Waals surface area contributed by atoms with Gasteiger partial charge < -0.3 is 20.3 Å². The summed E-state index contributed by atoms with van der Waals surface area (Å²) in [5.74, 6) is -0.0397. The second kappa shape index (κ2) is 6.25. The summed E-state index contributed by atoms with van der Waals surface area (Å²) < 4.78 is 10.9. The van der Waals surface area contributed by atoms with Crippen LogP contribution in [0, 0.1) is 0 Å². The molecule has 0 aliphatic rings. The quantitative estimate of drug-likeness (QED) is 0.695. The zero-order chi connectivity index (χ0) is 17.3. The molecule has 3 aromatic rings. The Morgan fingerprint density at radius 1 is 1.17 bits per heavy atom. The van der Waals surface area contributed by atoms with E-state index in [0.29, 0.717) is 33.1 Å². The number of aromatic carboxylic acids is 1. The number of fused-ring (bicyclic) bond motifs is 1. The Labute approximate surface area is 142 Å². The maximum atomic E-state index is 11.4. The molecule has 0 atom stereocenters. The van der Waals surface area contributed by atoms with Crippen molar-refractivity contribution in [1.29, 1.82) is 0 Å². The lowest BCUT2D eigenvalue weighted by Gasteiger charge is -2.12. The fraction of sp³-hybridized carbons (Fsp3) is 0.0588. The number of nitrogens with zero attached hydrogens (tertiary/aromatic N) is 1. The minimum Gasteiger partial charge on any atom is -0.496 e. The smallest absolute Gasteiger partial charge is 0.339 e. The third-order valence-corrected chi connectivity index (χ3v) is 3.72. The van der Waals surface area contributed by atoms with E-state index < -0.39 is 5.97 Å². The first-order valence-corrected chi connectivity index (χ1v) is 7.30. The highest BCUT2D eigenvalue weighted by molar-refractivity contribution is 6.32. The van der Waals surface area contributed by atoms with Crippen molar-refractivity contribution in [3.05, 3.63) is 53.2 Å². The van der Waals surface area contributed by atoms with E-state index in [-0.39, 0.29) is 11.3 Å². The van der Waals surface area contributed by atoms with Crippen molar-refractivity contribution in [2.75, 3.05) is 12.8 Å². The summed E-state index contributed by atoms with van der Waals surface area (Å²) in [5.41, 5.74) is 6.75. The normalized spacial score (nSPS) is 10.6. The lowest BCUT2D eigenvalue weighted by molar-refractivity contribution is 0.0693. The van der Waals surface area contributed by atoms with Crippen molar-refractivity contribution in [1.82, 2.24) is 4.98 Å². The molecule has 0 spiro atoms. The Bertz CT molecular complexity index is 943. The largest absolute Gasteiger partial charge is 0.496 e. The van der Waals surface area contributed by atoms with Crippen molar-refractivity contribution in [3.63, 3.8) is 0 Å². The van der Waals surface area contributed by atoms with E-state index in [9.17, 15) is 9.90 Å². The molecule has 1 aromatic heterocycles. The zero-order valence-electron chi connectivity index (χ0n) is 12.6. The Balaban J connectivity index is 2.14. The van der Waals surface area contributed by atoms with Crippen LogP contribution in [0.1, 0.15) is 10.4 Å². The van der Waals surface area contributed by atoms with Crippen molar-refractivity contribution < 1.29 is 19.4 Å². The van der Waals surface area contributed by atoms with Crippen LogP contribution in [0.5, 0.6) is 17.2 Å². The number of carboxylic acid groups (broad SMARTS) is 1.